The number of allylic oxidation sites excluding steroid dienone is 2. The molecule has 1 aromatic rings. The second-order valence-electron chi connectivity index (χ2n) is 8.00. The van der Waals surface area contributed by atoms with Crippen molar-refractivity contribution in [1.29, 1.82) is 0 Å². The van der Waals surface area contributed by atoms with E-state index in [0.717, 1.165) is 19.3 Å². The van der Waals surface area contributed by atoms with Crippen molar-refractivity contribution in [3.8, 4) is 11.8 Å². The van der Waals surface area contributed by atoms with Crippen molar-refractivity contribution in [2.24, 2.45) is 0 Å². The zero-order chi connectivity index (χ0) is 19.9. The summed E-state index contributed by atoms with van der Waals surface area (Å²) in [6.45, 7) is 6.64. The quantitative estimate of drug-likeness (QED) is 0.227. The van der Waals surface area contributed by atoms with Crippen LogP contribution in [0.25, 0.3) is 0 Å². The predicted molar refractivity (Wildman–Crippen MR) is 117 cm³/mol. The van der Waals surface area contributed by atoms with Gasteiger partial charge in [0.15, 0.2) is 11.8 Å². The predicted octanol–water partition coefficient (Wildman–Crippen LogP) is 7.89. The minimum atomic E-state index is 0.0613. The van der Waals surface area contributed by atoms with Crippen molar-refractivity contribution in [2.45, 2.75) is 117 Å². The molecule has 1 atom stereocenters. The first-order chi connectivity index (χ1) is 13.1. The van der Waals surface area contributed by atoms with Crippen LogP contribution in [0.5, 0.6) is 11.8 Å². The van der Waals surface area contributed by atoms with Gasteiger partial charge >= 0.3 is 0 Å². The first-order valence-electron chi connectivity index (χ1n) is 11.4. The Hall–Kier alpha value is -1.38. The van der Waals surface area contributed by atoms with E-state index in [1.165, 1.54) is 76.2 Å². The fraction of sp³-hybridized carbons (Fsp3) is 0.750. The highest BCUT2D eigenvalue weighted by Crippen LogP contribution is 2.34. The Morgan fingerprint density at radius 3 is 1.85 bits per heavy atom. The molecule has 0 aliphatic rings. The lowest BCUT2D eigenvalue weighted by Crippen LogP contribution is -2.10. The number of aromatic hydroxyl groups is 2. The lowest BCUT2D eigenvalue weighted by atomic mass is 9.98. The van der Waals surface area contributed by atoms with Gasteiger partial charge in [0.05, 0.1) is 6.04 Å². The number of nitrogens with zero attached hydrogens (tertiary/aromatic N) is 1. The normalized spacial score (nSPS) is 13.2. The average Bonchev–Trinajstić information content (AvgIpc) is 2.99. The van der Waals surface area contributed by atoms with Crippen molar-refractivity contribution < 1.29 is 10.2 Å². The fourth-order valence-corrected chi connectivity index (χ4v) is 3.82. The third kappa shape index (κ3) is 9.39. The number of hydrogen-bond acceptors (Lipinski definition) is 2. The van der Waals surface area contributed by atoms with Crippen LogP contribution in [0, 0.1) is 0 Å². The van der Waals surface area contributed by atoms with Crippen LogP contribution < -0.4 is 0 Å². The lowest BCUT2D eigenvalue weighted by Gasteiger charge is -2.22. The Bertz CT molecular complexity index is 499. The zero-order valence-electron chi connectivity index (χ0n) is 18.1. The Morgan fingerprint density at radius 2 is 1.30 bits per heavy atom. The molecule has 0 amide bonds. The highest BCUT2D eigenvalue weighted by atomic mass is 16.3. The number of unbranched alkanes of at least 4 members (excludes halogenated alkanes) is 11. The smallest absolute Gasteiger partial charge is 0.194 e. The summed E-state index contributed by atoms with van der Waals surface area (Å²) in [5.74, 6) is 0.324. The molecule has 3 nitrogen and oxygen atoms in total. The molecule has 1 rings (SSSR count). The van der Waals surface area contributed by atoms with Crippen molar-refractivity contribution >= 4 is 0 Å². The summed E-state index contributed by atoms with van der Waals surface area (Å²) in [7, 11) is 0. The van der Waals surface area contributed by atoms with E-state index in [1.807, 2.05) is 0 Å². The van der Waals surface area contributed by atoms with E-state index in [-0.39, 0.29) is 17.8 Å². The molecule has 156 valence electrons. The summed E-state index contributed by atoms with van der Waals surface area (Å²) in [6.07, 6.45) is 19.8. The molecule has 0 spiro atoms. The van der Waals surface area contributed by atoms with Gasteiger partial charge in [0, 0.05) is 12.1 Å². The third-order valence-electron chi connectivity index (χ3n) is 5.57. The maximum absolute atomic E-state index is 10.2. The Labute approximate surface area is 167 Å². The third-order valence-corrected chi connectivity index (χ3v) is 5.57. The second kappa shape index (κ2) is 14.6. The van der Waals surface area contributed by atoms with Crippen LogP contribution >= 0.6 is 0 Å². The molecule has 0 aromatic carbocycles. The summed E-state index contributed by atoms with van der Waals surface area (Å²) in [4.78, 5) is 0. The summed E-state index contributed by atoms with van der Waals surface area (Å²) in [5, 5.41) is 20.4. The van der Waals surface area contributed by atoms with Gasteiger partial charge in [-0.3, -0.25) is 4.57 Å². The maximum Gasteiger partial charge on any atom is 0.194 e. The van der Waals surface area contributed by atoms with Crippen molar-refractivity contribution in [3.63, 3.8) is 0 Å². The Balaban J connectivity index is 2.53. The van der Waals surface area contributed by atoms with Gasteiger partial charge in [-0.1, -0.05) is 96.1 Å². The lowest BCUT2D eigenvalue weighted by molar-refractivity contribution is 0.336. The van der Waals surface area contributed by atoms with Gasteiger partial charge in [-0.25, -0.2) is 0 Å². The van der Waals surface area contributed by atoms with E-state index in [9.17, 15) is 10.2 Å². The molecule has 1 unspecified atom stereocenters. The van der Waals surface area contributed by atoms with E-state index < -0.39 is 0 Å². The largest absolute Gasteiger partial charge is 0.494 e. The highest BCUT2D eigenvalue weighted by Gasteiger charge is 2.18. The number of hydrogen-bond donors (Lipinski definition) is 2. The highest BCUT2D eigenvalue weighted by molar-refractivity contribution is 5.28. The van der Waals surface area contributed by atoms with Crippen molar-refractivity contribution in [3.05, 3.63) is 23.8 Å². The van der Waals surface area contributed by atoms with E-state index in [0.29, 0.717) is 0 Å². The van der Waals surface area contributed by atoms with E-state index in [4.69, 9.17) is 0 Å². The van der Waals surface area contributed by atoms with Crippen LogP contribution in [0.4, 0.5) is 0 Å². The second-order valence-corrected chi connectivity index (χ2v) is 8.00. The van der Waals surface area contributed by atoms with Gasteiger partial charge < -0.3 is 10.2 Å². The summed E-state index contributed by atoms with van der Waals surface area (Å²) < 4.78 is 1.69. The minimum Gasteiger partial charge on any atom is -0.494 e. The van der Waals surface area contributed by atoms with Gasteiger partial charge in [-0.2, -0.15) is 0 Å². The van der Waals surface area contributed by atoms with E-state index >= 15 is 0 Å². The van der Waals surface area contributed by atoms with Crippen LogP contribution in [-0.4, -0.2) is 14.8 Å². The molecule has 0 saturated heterocycles. The molecule has 0 bridgehead atoms. The molecule has 0 aliphatic carbocycles. The van der Waals surface area contributed by atoms with Gasteiger partial charge in [0.25, 0.3) is 0 Å². The summed E-state index contributed by atoms with van der Waals surface area (Å²) in [6, 6.07) is 3.23. The molecular weight excluding hydrogens is 334 g/mol. The summed E-state index contributed by atoms with van der Waals surface area (Å²) >= 11 is 0. The van der Waals surface area contributed by atoms with Crippen LogP contribution in [0.2, 0.25) is 0 Å². The van der Waals surface area contributed by atoms with E-state index in [1.54, 1.807) is 16.7 Å². The Kier molecular flexibility index (Phi) is 12.8. The molecule has 27 heavy (non-hydrogen) atoms. The van der Waals surface area contributed by atoms with Crippen LogP contribution in [0.3, 0.4) is 0 Å². The number of aromatic nitrogens is 1. The van der Waals surface area contributed by atoms with Crippen LogP contribution in [0.1, 0.15) is 117 Å². The molecule has 1 heterocycles. The first kappa shape index (κ1) is 23.7. The average molecular weight is 378 g/mol. The van der Waals surface area contributed by atoms with Crippen molar-refractivity contribution in [1.82, 2.24) is 4.57 Å². The summed E-state index contributed by atoms with van der Waals surface area (Å²) in [5.41, 5.74) is 1.26. The van der Waals surface area contributed by atoms with E-state index in [2.05, 4.69) is 26.8 Å². The van der Waals surface area contributed by atoms with Crippen molar-refractivity contribution in [2.75, 3.05) is 0 Å². The minimum absolute atomic E-state index is 0.0613. The fourth-order valence-electron chi connectivity index (χ4n) is 3.82. The maximum atomic E-state index is 10.2. The molecule has 2 N–H and O–H groups in total. The monoisotopic (exact) mass is 377 g/mol. The molecule has 3 heteroatoms. The molecular formula is C24H43NO2. The van der Waals surface area contributed by atoms with Gasteiger partial charge in [0.2, 0.25) is 0 Å². The SMILES string of the molecule is CCCCCCCCCC=C(C)C(CCCCCCC)n1c(O)ccc1O. The first-order valence-corrected chi connectivity index (χ1v) is 11.4. The number of rotatable bonds is 16. The Morgan fingerprint density at radius 1 is 0.815 bits per heavy atom. The molecule has 0 fully saturated rings. The zero-order valence-corrected chi connectivity index (χ0v) is 18.1. The molecule has 0 saturated carbocycles. The topological polar surface area (TPSA) is 45.4 Å². The van der Waals surface area contributed by atoms with Gasteiger partial charge in [0.1, 0.15) is 0 Å². The van der Waals surface area contributed by atoms with Crippen LogP contribution in [0.15, 0.2) is 23.8 Å². The van der Waals surface area contributed by atoms with Gasteiger partial charge in [-0.15, -0.1) is 0 Å². The van der Waals surface area contributed by atoms with Gasteiger partial charge in [-0.05, 0) is 26.2 Å². The standard InChI is InChI=1S/C24H43NO2/c1-4-6-8-10-11-12-14-15-17-21(3)22(18-16-13-9-7-5-2)25-23(26)19-20-24(25)27/h17,19-20,22,26-27H,4-16,18H2,1-3H3. The molecule has 0 radical (unpaired) electrons. The van der Waals surface area contributed by atoms with Crippen LogP contribution in [-0.2, 0) is 0 Å². The molecule has 1 aromatic heterocycles. The molecule has 0 aliphatic heterocycles.